The summed E-state index contributed by atoms with van der Waals surface area (Å²) in [6.07, 6.45) is 4.17. The molecule has 0 saturated carbocycles. The van der Waals surface area contributed by atoms with Crippen molar-refractivity contribution >= 4 is 17.9 Å². The molecule has 0 bridgehead atoms. The van der Waals surface area contributed by atoms with E-state index in [2.05, 4.69) is 5.32 Å². The molecule has 0 spiro atoms. The SMILES string of the molecule is C[C@H]1OC(c2ccc(OCCCO)cc2)=N[C@@]1(C/C=C/c1ccccc1)C(=O)NCCF. The number of nitrogens with one attached hydrogen (secondary N) is 1. The van der Waals surface area contributed by atoms with Crippen LogP contribution in [0.1, 0.15) is 30.9 Å². The number of rotatable bonds is 11. The van der Waals surface area contributed by atoms with Gasteiger partial charge in [0.1, 0.15) is 18.5 Å². The molecule has 2 aromatic carbocycles. The summed E-state index contributed by atoms with van der Waals surface area (Å²) in [4.78, 5) is 17.7. The number of carbonyl (C=O) groups excluding carboxylic acids is 1. The molecule has 1 amide bonds. The van der Waals surface area contributed by atoms with Crippen molar-refractivity contribution in [3.8, 4) is 5.75 Å². The summed E-state index contributed by atoms with van der Waals surface area (Å²) in [5, 5.41) is 11.5. The highest BCUT2D eigenvalue weighted by molar-refractivity contribution is 6.00. The molecule has 2 aromatic rings. The van der Waals surface area contributed by atoms with Crippen LogP contribution in [-0.2, 0) is 9.53 Å². The third-order valence-corrected chi connectivity index (χ3v) is 5.25. The second-order valence-corrected chi connectivity index (χ2v) is 7.51. The van der Waals surface area contributed by atoms with Crippen LogP contribution in [0, 0.1) is 0 Å². The van der Waals surface area contributed by atoms with Crippen LogP contribution in [0.5, 0.6) is 5.75 Å². The number of ether oxygens (including phenoxy) is 2. The van der Waals surface area contributed by atoms with Crippen molar-refractivity contribution in [3.05, 3.63) is 71.8 Å². The number of carbonyl (C=O) groups is 1. The lowest BCUT2D eigenvalue weighted by Gasteiger charge is -2.26. The van der Waals surface area contributed by atoms with Gasteiger partial charge in [0.2, 0.25) is 5.90 Å². The van der Waals surface area contributed by atoms with E-state index >= 15 is 0 Å². The molecule has 3 rings (SSSR count). The first-order chi connectivity index (χ1) is 15.6. The van der Waals surface area contributed by atoms with Gasteiger partial charge in [-0.25, -0.2) is 9.38 Å². The van der Waals surface area contributed by atoms with Gasteiger partial charge < -0.3 is 19.9 Å². The van der Waals surface area contributed by atoms with Crippen molar-refractivity contribution in [3.63, 3.8) is 0 Å². The van der Waals surface area contributed by atoms with Crippen molar-refractivity contribution in [2.75, 3.05) is 26.4 Å². The second kappa shape index (κ2) is 11.4. The summed E-state index contributed by atoms with van der Waals surface area (Å²) < 4.78 is 24.3. The zero-order valence-electron chi connectivity index (χ0n) is 18.2. The number of hydrogen-bond donors (Lipinski definition) is 2. The smallest absolute Gasteiger partial charge is 0.252 e. The molecule has 0 radical (unpaired) electrons. The third kappa shape index (κ3) is 5.73. The number of aliphatic hydroxyl groups is 1. The van der Waals surface area contributed by atoms with Gasteiger partial charge in [-0.15, -0.1) is 0 Å². The molecule has 1 aliphatic rings. The van der Waals surface area contributed by atoms with Crippen molar-refractivity contribution in [2.24, 2.45) is 4.99 Å². The van der Waals surface area contributed by atoms with Crippen LogP contribution in [-0.4, -0.2) is 55.0 Å². The number of nitrogens with zero attached hydrogens (tertiary/aromatic N) is 1. The molecule has 0 fully saturated rings. The van der Waals surface area contributed by atoms with Gasteiger partial charge in [-0.1, -0.05) is 42.5 Å². The lowest BCUT2D eigenvalue weighted by molar-refractivity contribution is -0.128. The van der Waals surface area contributed by atoms with Crippen LogP contribution in [0.25, 0.3) is 6.08 Å². The predicted octanol–water partition coefficient (Wildman–Crippen LogP) is 3.54. The highest BCUT2D eigenvalue weighted by Crippen LogP contribution is 2.33. The Labute approximate surface area is 187 Å². The Bertz CT molecular complexity index is 931. The monoisotopic (exact) mass is 440 g/mol. The molecule has 0 aliphatic carbocycles. The highest BCUT2D eigenvalue weighted by Gasteiger charge is 2.49. The number of benzene rings is 2. The Morgan fingerprint density at radius 2 is 2.00 bits per heavy atom. The average molecular weight is 441 g/mol. The van der Waals surface area contributed by atoms with Crippen LogP contribution in [0.3, 0.4) is 0 Å². The summed E-state index contributed by atoms with van der Waals surface area (Å²) in [6, 6.07) is 17.0. The molecule has 170 valence electrons. The van der Waals surface area contributed by atoms with E-state index in [1.165, 1.54) is 0 Å². The number of amides is 1. The third-order valence-electron chi connectivity index (χ3n) is 5.25. The fourth-order valence-electron chi connectivity index (χ4n) is 3.44. The minimum atomic E-state index is -1.19. The zero-order chi connectivity index (χ0) is 22.8. The van der Waals surface area contributed by atoms with Crippen LogP contribution < -0.4 is 10.1 Å². The molecule has 1 aliphatic heterocycles. The van der Waals surface area contributed by atoms with Crippen LogP contribution >= 0.6 is 0 Å². The normalized spacial score (nSPS) is 20.1. The minimum absolute atomic E-state index is 0.0690. The summed E-state index contributed by atoms with van der Waals surface area (Å²) in [5.74, 6) is 0.675. The molecule has 1 heterocycles. The zero-order valence-corrected chi connectivity index (χ0v) is 18.2. The van der Waals surface area contributed by atoms with Crippen LogP contribution in [0.15, 0.2) is 65.7 Å². The molecule has 6 nitrogen and oxygen atoms in total. The Kier molecular flexibility index (Phi) is 8.39. The quantitative estimate of drug-likeness (QED) is 0.524. The second-order valence-electron chi connectivity index (χ2n) is 7.51. The topological polar surface area (TPSA) is 80.2 Å². The number of hydrogen-bond acceptors (Lipinski definition) is 5. The van der Waals surface area contributed by atoms with Crippen molar-refractivity contribution in [2.45, 2.75) is 31.4 Å². The Hall–Kier alpha value is -3.19. The lowest BCUT2D eigenvalue weighted by Crippen LogP contribution is -2.51. The van der Waals surface area contributed by atoms with E-state index in [0.717, 1.165) is 11.1 Å². The molecule has 7 heteroatoms. The van der Waals surface area contributed by atoms with E-state index in [1.54, 1.807) is 19.1 Å². The predicted molar refractivity (Wildman–Crippen MR) is 123 cm³/mol. The van der Waals surface area contributed by atoms with Gasteiger partial charge in [-0.05, 0) is 36.8 Å². The van der Waals surface area contributed by atoms with E-state index in [1.807, 2.05) is 54.6 Å². The summed E-state index contributed by atoms with van der Waals surface area (Å²) in [7, 11) is 0. The molecule has 2 N–H and O–H groups in total. The first-order valence-corrected chi connectivity index (χ1v) is 10.8. The van der Waals surface area contributed by atoms with Crippen LogP contribution in [0.4, 0.5) is 4.39 Å². The molecule has 0 unspecified atom stereocenters. The molecule has 32 heavy (non-hydrogen) atoms. The molecule has 2 atom stereocenters. The van der Waals surface area contributed by atoms with E-state index in [9.17, 15) is 9.18 Å². The fraction of sp³-hybridized carbons (Fsp3) is 0.360. The average Bonchev–Trinajstić information content (AvgIpc) is 3.16. The Morgan fingerprint density at radius 1 is 1.25 bits per heavy atom. The van der Waals surface area contributed by atoms with Gasteiger partial charge in [0.25, 0.3) is 5.91 Å². The summed E-state index contributed by atoms with van der Waals surface area (Å²) in [6.45, 7) is 1.59. The van der Waals surface area contributed by atoms with E-state index < -0.39 is 18.3 Å². The standard InChI is InChI=1S/C25H29FN2O4/c1-19-25(24(30)27-16-15-26,14-5-9-20-7-3-2-4-8-20)28-23(32-19)21-10-12-22(13-11-21)31-18-6-17-29/h2-5,7-13,19,29H,6,14-18H2,1H3,(H,27,30)/b9-5+/t19-,25-/m1/s1. The number of aliphatic imine (C=N–C) groups is 1. The van der Waals surface area contributed by atoms with Gasteiger partial charge in [-0.2, -0.15) is 0 Å². The Morgan fingerprint density at radius 3 is 2.69 bits per heavy atom. The number of alkyl halides is 1. The maximum absolute atomic E-state index is 13.0. The van der Waals surface area contributed by atoms with E-state index in [4.69, 9.17) is 19.6 Å². The van der Waals surface area contributed by atoms with Gasteiger partial charge in [0, 0.05) is 31.6 Å². The van der Waals surface area contributed by atoms with Crippen molar-refractivity contribution in [1.29, 1.82) is 0 Å². The summed E-state index contributed by atoms with van der Waals surface area (Å²) >= 11 is 0. The number of halogens is 1. The van der Waals surface area contributed by atoms with Gasteiger partial charge in [0.15, 0.2) is 5.54 Å². The number of aliphatic hydroxyl groups excluding tert-OH is 1. The molecule has 0 saturated heterocycles. The summed E-state index contributed by atoms with van der Waals surface area (Å²) in [5.41, 5.74) is 0.546. The van der Waals surface area contributed by atoms with Crippen molar-refractivity contribution in [1.82, 2.24) is 5.32 Å². The first-order valence-electron chi connectivity index (χ1n) is 10.8. The largest absolute Gasteiger partial charge is 0.494 e. The van der Waals surface area contributed by atoms with E-state index in [0.29, 0.717) is 31.1 Å². The Balaban J connectivity index is 1.82. The van der Waals surface area contributed by atoms with Crippen molar-refractivity contribution < 1.29 is 23.8 Å². The van der Waals surface area contributed by atoms with Gasteiger partial charge >= 0.3 is 0 Å². The molecular formula is C25H29FN2O4. The fourth-order valence-corrected chi connectivity index (χ4v) is 3.44. The minimum Gasteiger partial charge on any atom is -0.494 e. The van der Waals surface area contributed by atoms with E-state index in [-0.39, 0.29) is 19.1 Å². The van der Waals surface area contributed by atoms with Gasteiger partial charge in [0.05, 0.1) is 6.61 Å². The molecule has 0 aromatic heterocycles. The van der Waals surface area contributed by atoms with Gasteiger partial charge in [-0.3, -0.25) is 4.79 Å². The first kappa shape index (κ1) is 23.5. The molecular weight excluding hydrogens is 411 g/mol. The maximum atomic E-state index is 13.0. The lowest BCUT2D eigenvalue weighted by atomic mass is 9.89. The van der Waals surface area contributed by atoms with Crippen LogP contribution in [0.2, 0.25) is 0 Å². The maximum Gasteiger partial charge on any atom is 0.252 e. The highest BCUT2D eigenvalue weighted by atomic mass is 19.1.